The van der Waals surface area contributed by atoms with Crippen LogP contribution in [0.5, 0.6) is 0 Å². The summed E-state index contributed by atoms with van der Waals surface area (Å²) < 4.78 is 4.57. The van der Waals surface area contributed by atoms with Crippen molar-refractivity contribution in [3.63, 3.8) is 0 Å². The summed E-state index contributed by atoms with van der Waals surface area (Å²) >= 11 is 1.76. The van der Waals surface area contributed by atoms with Gasteiger partial charge >= 0.3 is 0 Å². The smallest absolute Gasteiger partial charge is 0.186 e. The third kappa shape index (κ3) is 11.0. The first kappa shape index (κ1) is 22.3. The van der Waals surface area contributed by atoms with Gasteiger partial charge in [0.1, 0.15) is 5.01 Å². The average molecular weight is 390 g/mol. The highest BCUT2D eigenvalue weighted by molar-refractivity contribution is 8.76. The van der Waals surface area contributed by atoms with Gasteiger partial charge in [-0.1, -0.05) is 83.5 Å². The normalized spacial score (nSPS) is 12.6. The summed E-state index contributed by atoms with van der Waals surface area (Å²) in [5.41, 5.74) is 0. The lowest BCUT2D eigenvalue weighted by molar-refractivity contribution is 0.452. The maximum Gasteiger partial charge on any atom is 0.186 e. The SMILES string of the molecule is CCCCCCCCc1nnc(SSNCC(CC)CCCC)s1. The number of nitrogens with one attached hydrogen (secondary N) is 1. The second-order valence-corrected chi connectivity index (χ2v) is 9.74. The van der Waals surface area contributed by atoms with Crippen molar-refractivity contribution >= 4 is 33.1 Å². The van der Waals surface area contributed by atoms with E-state index in [1.54, 1.807) is 33.1 Å². The number of aryl methyl sites for hydroxylation is 1. The molecule has 1 atom stereocenters. The van der Waals surface area contributed by atoms with E-state index in [0.717, 1.165) is 23.2 Å². The van der Waals surface area contributed by atoms with E-state index in [0.29, 0.717) is 0 Å². The van der Waals surface area contributed by atoms with Gasteiger partial charge in [-0.05, 0) is 40.5 Å². The second kappa shape index (κ2) is 15.5. The Balaban J connectivity index is 2.09. The molecule has 0 spiro atoms. The van der Waals surface area contributed by atoms with Gasteiger partial charge in [-0.3, -0.25) is 4.72 Å². The topological polar surface area (TPSA) is 37.8 Å². The summed E-state index contributed by atoms with van der Waals surface area (Å²) in [7, 11) is 3.43. The van der Waals surface area contributed by atoms with Crippen LogP contribution in [-0.4, -0.2) is 16.7 Å². The van der Waals surface area contributed by atoms with Crippen LogP contribution in [0.15, 0.2) is 4.34 Å². The highest BCUT2D eigenvalue weighted by Crippen LogP contribution is 2.31. The third-order valence-electron chi connectivity index (χ3n) is 4.28. The van der Waals surface area contributed by atoms with Gasteiger partial charge in [0.05, 0.1) is 0 Å². The highest BCUT2D eigenvalue weighted by Gasteiger charge is 2.08. The molecule has 0 aromatic carbocycles. The van der Waals surface area contributed by atoms with Gasteiger partial charge in [0.2, 0.25) is 0 Å². The zero-order valence-electron chi connectivity index (χ0n) is 15.7. The summed E-state index contributed by atoms with van der Waals surface area (Å²) in [5.74, 6) is 0.802. The molecule has 0 saturated carbocycles. The fourth-order valence-electron chi connectivity index (χ4n) is 2.59. The maximum atomic E-state index is 4.33. The van der Waals surface area contributed by atoms with E-state index in [4.69, 9.17) is 0 Å². The van der Waals surface area contributed by atoms with Gasteiger partial charge in [0.25, 0.3) is 0 Å². The van der Waals surface area contributed by atoms with Crippen LogP contribution in [0.4, 0.5) is 0 Å². The summed E-state index contributed by atoms with van der Waals surface area (Å²) in [6, 6.07) is 0. The van der Waals surface area contributed by atoms with Crippen LogP contribution in [-0.2, 0) is 6.42 Å². The molecular formula is C18H35N3S3. The minimum absolute atomic E-state index is 0.802. The number of hydrogen-bond donors (Lipinski definition) is 1. The Hall–Kier alpha value is 0.220. The van der Waals surface area contributed by atoms with Crippen molar-refractivity contribution in [2.45, 2.75) is 95.7 Å². The molecule has 0 radical (unpaired) electrons. The van der Waals surface area contributed by atoms with E-state index in [1.165, 1.54) is 69.2 Å². The molecule has 1 rings (SSSR count). The lowest BCUT2D eigenvalue weighted by atomic mass is 10.00. The van der Waals surface area contributed by atoms with E-state index < -0.39 is 0 Å². The molecule has 24 heavy (non-hydrogen) atoms. The van der Waals surface area contributed by atoms with Crippen LogP contribution in [0.3, 0.4) is 0 Å². The predicted octanol–water partition coefficient (Wildman–Crippen LogP) is 6.90. The van der Waals surface area contributed by atoms with Crippen molar-refractivity contribution in [1.29, 1.82) is 0 Å². The van der Waals surface area contributed by atoms with Crippen LogP contribution >= 0.6 is 33.1 Å². The summed E-state index contributed by atoms with van der Waals surface area (Å²) in [4.78, 5) is 0. The fraction of sp³-hybridized carbons (Fsp3) is 0.889. The summed E-state index contributed by atoms with van der Waals surface area (Å²) in [6.45, 7) is 7.92. The van der Waals surface area contributed by atoms with Crippen LogP contribution in [0.1, 0.15) is 90.0 Å². The van der Waals surface area contributed by atoms with Gasteiger partial charge in [-0.25, -0.2) is 0 Å². The van der Waals surface area contributed by atoms with Crippen LogP contribution < -0.4 is 4.72 Å². The van der Waals surface area contributed by atoms with E-state index in [1.807, 2.05) is 0 Å². The summed E-state index contributed by atoms with van der Waals surface area (Å²) in [5, 5.41) is 9.83. The van der Waals surface area contributed by atoms with Crippen molar-refractivity contribution in [1.82, 2.24) is 14.9 Å². The molecule has 0 aliphatic heterocycles. The second-order valence-electron chi connectivity index (χ2n) is 6.41. The Morgan fingerprint density at radius 1 is 0.958 bits per heavy atom. The zero-order chi connectivity index (χ0) is 17.5. The lowest BCUT2D eigenvalue weighted by Gasteiger charge is -2.13. The molecule has 140 valence electrons. The highest BCUT2D eigenvalue weighted by atomic mass is 33.1. The monoisotopic (exact) mass is 389 g/mol. The fourth-order valence-corrected chi connectivity index (χ4v) is 5.44. The molecule has 0 bridgehead atoms. The first-order valence-corrected chi connectivity index (χ1v) is 12.6. The number of nitrogens with zero attached hydrogens (tertiary/aromatic N) is 2. The van der Waals surface area contributed by atoms with E-state index in [9.17, 15) is 0 Å². The van der Waals surface area contributed by atoms with Crippen molar-refractivity contribution in [3.8, 4) is 0 Å². The number of hydrogen-bond acceptors (Lipinski definition) is 6. The number of rotatable bonds is 16. The predicted molar refractivity (Wildman–Crippen MR) is 112 cm³/mol. The van der Waals surface area contributed by atoms with Crippen LogP contribution in [0.2, 0.25) is 0 Å². The molecule has 0 saturated heterocycles. The molecule has 3 nitrogen and oxygen atoms in total. The van der Waals surface area contributed by atoms with Crippen LogP contribution in [0, 0.1) is 5.92 Å². The molecular weight excluding hydrogens is 354 g/mol. The Labute approximate surface area is 161 Å². The molecule has 1 heterocycles. The number of aromatic nitrogens is 2. The maximum absolute atomic E-state index is 4.33. The zero-order valence-corrected chi connectivity index (χ0v) is 18.1. The largest absolute Gasteiger partial charge is 0.254 e. The standard InChI is InChI=1S/C18H35N3S3/c1-4-7-9-10-11-12-14-17-20-21-18(22-17)23-24-19-15-16(6-3)13-8-5-2/h16,19H,4-15H2,1-3H3. The van der Waals surface area contributed by atoms with E-state index in [-0.39, 0.29) is 0 Å². The molecule has 0 fully saturated rings. The van der Waals surface area contributed by atoms with Gasteiger partial charge < -0.3 is 0 Å². The van der Waals surface area contributed by atoms with Crippen molar-refractivity contribution in [2.75, 3.05) is 6.54 Å². The number of unbranched alkanes of at least 4 members (excludes halogenated alkanes) is 6. The van der Waals surface area contributed by atoms with Gasteiger partial charge in [-0.2, -0.15) is 0 Å². The quantitative estimate of drug-likeness (QED) is 0.189. The Morgan fingerprint density at radius 2 is 1.71 bits per heavy atom. The van der Waals surface area contributed by atoms with Crippen molar-refractivity contribution in [2.24, 2.45) is 5.92 Å². The molecule has 0 aliphatic carbocycles. The third-order valence-corrected chi connectivity index (χ3v) is 7.54. The van der Waals surface area contributed by atoms with E-state index >= 15 is 0 Å². The molecule has 6 heteroatoms. The van der Waals surface area contributed by atoms with E-state index in [2.05, 4.69) is 35.7 Å². The average Bonchev–Trinajstić information content (AvgIpc) is 3.05. The minimum Gasteiger partial charge on any atom is -0.254 e. The Morgan fingerprint density at radius 3 is 2.46 bits per heavy atom. The molecule has 1 N–H and O–H groups in total. The van der Waals surface area contributed by atoms with Gasteiger partial charge in [0, 0.05) is 13.0 Å². The molecule has 1 aromatic heterocycles. The molecule has 1 aromatic rings. The van der Waals surface area contributed by atoms with Crippen molar-refractivity contribution in [3.05, 3.63) is 5.01 Å². The Bertz CT molecular complexity index is 399. The van der Waals surface area contributed by atoms with Gasteiger partial charge in [0.15, 0.2) is 4.34 Å². The van der Waals surface area contributed by atoms with Gasteiger partial charge in [-0.15, -0.1) is 10.2 Å². The van der Waals surface area contributed by atoms with Crippen molar-refractivity contribution < 1.29 is 0 Å². The molecule has 0 amide bonds. The molecule has 0 aliphatic rings. The lowest BCUT2D eigenvalue weighted by Crippen LogP contribution is -2.15. The molecule has 1 unspecified atom stereocenters. The Kier molecular flexibility index (Phi) is 14.4. The first-order valence-electron chi connectivity index (χ1n) is 9.68. The summed E-state index contributed by atoms with van der Waals surface area (Å²) in [6.07, 6.45) is 14.4. The first-order chi connectivity index (χ1) is 11.8. The van der Waals surface area contributed by atoms with Crippen LogP contribution in [0.25, 0.3) is 0 Å². The minimum atomic E-state index is 0.802.